The van der Waals surface area contributed by atoms with Crippen molar-refractivity contribution in [2.45, 2.75) is 30.8 Å². The van der Waals surface area contributed by atoms with Crippen LogP contribution < -0.4 is 5.32 Å². The number of nitrogens with one attached hydrogen (secondary N) is 1. The number of hydrogen-bond donors (Lipinski definition) is 1. The molecule has 150 valence electrons. The fourth-order valence-electron chi connectivity index (χ4n) is 3.35. The summed E-state index contributed by atoms with van der Waals surface area (Å²) in [7, 11) is -0.629. The van der Waals surface area contributed by atoms with Crippen molar-refractivity contribution in [2.75, 3.05) is 27.2 Å². The van der Waals surface area contributed by atoms with E-state index in [1.807, 2.05) is 18.2 Å². The van der Waals surface area contributed by atoms with Crippen molar-refractivity contribution < 1.29 is 13.2 Å². The van der Waals surface area contributed by atoms with Gasteiger partial charge in [0.15, 0.2) is 0 Å². The van der Waals surface area contributed by atoms with Crippen LogP contribution in [0.5, 0.6) is 0 Å². The Bertz CT molecular complexity index is 935. The third kappa shape index (κ3) is 4.79. The minimum absolute atomic E-state index is 0.111. The van der Waals surface area contributed by atoms with Gasteiger partial charge < -0.3 is 5.32 Å². The van der Waals surface area contributed by atoms with Crippen LogP contribution in [0, 0.1) is 0 Å². The number of amides is 1. The maximum absolute atomic E-state index is 12.6. The molecule has 6 nitrogen and oxygen atoms in total. The molecular weight excluding hydrogens is 374 g/mol. The zero-order valence-electron chi connectivity index (χ0n) is 16.4. The first kappa shape index (κ1) is 20.5. The third-order valence-electron chi connectivity index (χ3n) is 5.03. The summed E-state index contributed by atoms with van der Waals surface area (Å²) < 4.78 is 25.7. The molecular formula is C21H27N3O3S. The monoisotopic (exact) mass is 401 g/mol. The highest BCUT2D eigenvalue weighted by atomic mass is 32.2. The maximum atomic E-state index is 12.6. The Morgan fingerprint density at radius 3 is 2.39 bits per heavy atom. The Kier molecular flexibility index (Phi) is 6.49. The molecule has 0 unspecified atom stereocenters. The van der Waals surface area contributed by atoms with E-state index in [1.165, 1.54) is 44.6 Å². The van der Waals surface area contributed by atoms with Crippen LogP contribution in [-0.2, 0) is 23.1 Å². The smallest absolute Gasteiger partial charge is 0.251 e. The van der Waals surface area contributed by atoms with E-state index < -0.39 is 10.0 Å². The van der Waals surface area contributed by atoms with Gasteiger partial charge in [-0.05, 0) is 55.3 Å². The normalized spacial score (nSPS) is 15.1. The van der Waals surface area contributed by atoms with Crippen molar-refractivity contribution in [3.05, 3.63) is 65.2 Å². The zero-order valence-corrected chi connectivity index (χ0v) is 17.2. The van der Waals surface area contributed by atoms with Gasteiger partial charge in [-0.2, -0.15) is 0 Å². The number of carbonyl (C=O) groups is 1. The van der Waals surface area contributed by atoms with Crippen molar-refractivity contribution >= 4 is 15.9 Å². The average molecular weight is 402 g/mol. The van der Waals surface area contributed by atoms with Gasteiger partial charge in [-0.25, -0.2) is 12.7 Å². The molecule has 7 heteroatoms. The lowest BCUT2D eigenvalue weighted by Crippen LogP contribution is -2.26. The van der Waals surface area contributed by atoms with E-state index in [2.05, 4.69) is 16.3 Å². The first-order valence-corrected chi connectivity index (χ1v) is 10.9. The van der Waals surface area contributed by atoms with Crippen LogP contribution >= 0.6 is 0 Å². The summed E-state index contributed by atoms with van der Waals surface area (Å²) in [6.45, 7) is 3.54. The van der Waals surface area contributed by atoms with Crippen molar-refractivity contribution in [1.29, 1.82) is 0 Å². The molecule has 0 aliphatic carbocycles. The van der Waals surface area contributed by atoms with E-state index in [0.29, 0.717) is 12.1 Å². The van der Waals surface area contributed by atoms with Crippen LogP contribution in [0.1, 0.15) is 34.3 Å². The fraction of sp³-hybridized carbons (Fsp3) is 0.381. The minimum atomic E-state index is -3.57. The van der Waals surface area contributed by atoms with Crippen molar-refractivity contribution in [3.8, 4) is 0 Å². The summed E-state index contributed by atoms with van der Waals surface area (Å²) in [5.74, 6) is -0.285. The number of benzene rings is 2. The van der Waals surface area contributed by atoms with E-state index in [4.69, 9.17) is 0 Å². The number of carbonyl (C=O) groups excluding carboxylic acids is 1. The molecule has 3 rings (SSSR count). The number of likely N-dealkylation sites (tertiary alicyclic amines) is 1. The minimum Gasteiger partial charge on any atom is -0.348 e. The van der Waals surface area contributed by atoms with Crippen LogP contribution in [0.3, 0.4) is 0 Å². The molecule has 1 heterocycles. The molecule has 1 fully saturated rings. The van der Waals surface area contributed by atoms with Gasteiger partial charge in [0.2, 0.25) is 10.0 Å². The Morgan fingerprint density at radius 2 is 1.71 bits per heavy atom. The van der Waals surface area contributed by atoms with E-state index in [-0.39, 0.29) is 10.8 Å². The Balaban J connectivity index is 1.70. The molecule has 1 amide bonds. The summed E-state index contributed by atoms with van der Waals surface area (Å²) >= 11 is 0. The summed E-state index contributed by atoms with van der Waals surface area (Å²) in [5.41, 5.74) is 2.63. The first-order chi connectivity index (χ1) is 13.4. The molecule has 1 aliphatic rings. The standard InChI is InChI=1S/C21H27N3O3S/c1-23(2)28(26,27)20-11-7-10-17(14-20)21(25)22-15-18-8-3-4-9-19(18)16-24-12-5-6-13-24/h3-4,7-11,14H,5-6,12-13,15-16H2,1-2H3,(H,22,25). The van der Waals surface area contributed by atoms with E-state index >= 15 is 0 Å². The summed E-state index contributed by atoms with van der Waals surface area (Å²) in [5, 5.41) is 2.92. The number of sulfonamides is 1. The molecule has 0 atom stereocenters. The third-order valence-corrected chi connectivity index (χ3v) is 6.84. The number of hydrogen-bond acceptors (Lipinski definition) is 4. The van der Waals surface area contributed by atoms with Gasteiger partial charge >= 0.3 is 0 Å². The fourth-order valence-corrected chi connectivity index (χ4v) is 4.30. The lowest BCUT2D eigenvalue weighted by atomic mass is 10.1. The molecule has 0 aromatic heterocycles. The lowest BCUT2D eigenvalue weighted by molar-refractivity contribution is 0.0950. The van der Waals surface area contributed by atoms with Crippen molar-refractivity contribution in [2.24, 2.45) is 0 Å². The van der Waals surface area contributed by atoms with Gasteiger partial charge in [-0.15, -0.1) is 0 Å². The van der Waals surface area contributed by atoms with Crippen molar-refractivity contribution in [1.82, 2.24) is 14.5 Å². The van der Waals surface area contributed by atoms with Crippen molar-refractivity contribution in [3.63, 3.8) is 0 Å². The second kappa shape index (κ2) is 8.86. The highest BCUT2D eigenvalue weighted by molar-refractivity contribution is 7.89. The van der Waals surface area contributed by atoms with E-state index in [1.54, 1.807) is 12.1 Å². The molecule has 1 aliphatic heterocycles. The van der Waals surface area contributed by atoms with Gasteiger partial charge in [0, 0.05) is 32.7 Å². The molecule has 0 saturated carbocycles. The number of rotatable bonds is 7. The van der Waals surface area contributed by atoms with Gasteiger partial charge in [-0.1, -0.05) is 30.3 Å². The first-order valence-electron chi connectivity index (χ1n) is 9.48. The Hall–Kier alpha value is -2.22. The predicted molar refractivity (Wildman–Crippen MR) is 109 cm³/mol. The molecule has 28 heavy (non-hydrogen) atoms. The second-order valence-corrected chi connectivity index (χ2v) is 9.40. The van der Waals surface area contributed by atoms with E-state index in [0.717, 1.165) is 29.5 Å². The average Bonchev–Trinajstić information content (AvgIpc) is 3.20. The van der Waals surface area contributed by atoms with Crippen LogP contribution in [0.2, 0.25) is 0 Å². The topological polar surface area (TPSA) is 69.7 Å². The molecule has 1 saturated heterocycles. The maximum Gasteiger partial charge on any atom is 0.251 e. The SMILES string of the molecule is CN(C)S(=O)(=O)c1cccc(C(=O)NCc2ccccc2CN2CCCC2)c1. The summed E-state index contributed by atoms with van der Waals surface area (Å²) in [6.07, 6.45) is 2.48. The van der Waals surface area contributed by atoms with Crippen LogP contribution in [0.15, 0.2) is 53.4 Å². The highest BCUT2D eigenvalue weighted by Crippen LogP contribution is 2.17. The summed E-state index contributed by atoms with van der Waals surface area (Å²) in [4.78, 5) is 15.1. The lowest BCUT2D eigenvalue weighted by Gasteiger charge is -2.18. The Morgan fingerprint density at radius 1 is 1.04 bits per heavy atom. The quantitative estimate of drug-likeness (QED) is 0.774. The molecule has 0 radical (unpaired) electrons. The predicted octanol–water partition coefficient (Wildman–Crippen LogP) is 2.46. The molecule has 0 bridgehead atoms. The van der Waals surface area contributed by atoms with Gasteiger partial charge in [-0.3, -0.25) is 9.69 Å². The van der Waals surface area contributed by atoms with Crippen LogP contribution in [-0.4, -0.2) is 50.7 Å². The summed E-state index contributed by atoms with van der Waals surface area (Å²) in [6, 6.07) is 14.2. The largest absolute Gasteiger partial charge is 0.348 e. The van der Waals surface area contributed by atoms with Gasteiger partial charge in [0.1, 0.15) is 0 Å². The second-order valence-electron chi connectivity index (χ2n) is 7.25. The number of nitrogens with zero attached hydrogens (tertiary/aromatic N) is 2. The molecule has 2 aromatic rings. The molecule has 2 aromatic carbocycles. The molecule has 1 N–H and O–H groups in total. The molecule has 0 spiro atoms. The van der Waals surface area contributed by atoms with Crippen LogP contribution in [0.25, 0.3) is 0 Å². The Labute approximate surface area is 167 Å². The van der Waals surface area contributed by atoms with Gasteiger partial charge in [0.05, 0.1) is 4.90 Å². The van der Waals surface area contributed by atoms with E-state index in [9.17, 15) is 13.2 Å². The van der Waals surface area contributed by atoms with Crippen LogP contribution in [0.4, 0.5) is 0 Å². The highest BCUT2D eigenvalue weighted by Gasteiger charge is 2.19. The zero-order chi connectivity index (χ0) is 20.1. The van der Waals surface area contributed by atoms with Gasteiger partial charge in [0.25, 0.3) is 5.91 Å².